The van der Waals surface area contributed by atoms with Gasteiger partial charge in [0.1, 0.15) is 11.6 Å². The smallest absolute Gasteiger partial charge is 0.341 e. The number of nitrogens with two attached hydrogens (primary N) is 1. The lowest BCUT2D eigenvalue weighted by atomic mass is 10.1. The summed E-state index contributed by atoms with van der Waals surface area (Å²) >= 11 is 0. The molecule has 3 rings (SSSR count). The fraction of sp³-hybridized carbons (Fsp3) is 0.167. The van der Waals surface area contributed by atoms with Crippen molar-refractivity contribution >= 4 is 21.8 Å². The minimum atomic E-state index is -3.81. The molecule has 0 radical (unpaired) electrons. The van der Waals surface area contributed by atoms with E-state index in [4.69, 9.17) is 21.0 Å². The number of nitrogens with one attached hydrogen (secondary N) is 1. The molecule has 0 bridgehead atoms. The SMILES string of the molecule is N=C(N)c1ccc(S(=O)(=O)N(CCc2ccc(OCC(=O)O)cc2)Cc2ccccc2)cc1. The number of rotatable bonds is 11. The molecule has 0 saturated heterocycles. The number of ether oxygens (including phenoxy) is 1. The average molecular weight is 468 g/mol. The number of nitrogens with zero attached hydrogens (tertiary/aromatic N) is 1. The molecule has 0 aromatic heterocycles. The lowest BCUT2D eigenvalue weighted by Gasteiger charge is -2.23. The number of hydrogen-bond donors (Lipinski definition) is 3. The maximum absolute atomic E-state index is 13.4. The predicted molar refractivity (Wildman–Crippen MR) is 125 cm³/mol. The number of benzene rings is 3. The second-order valence-corrected chi connectivity index (χ2v) is 9.28. The number of carbonyl (C=O) groups is 1. The van der Waals surface area contributed by atoms with E-state index in [1.165, 1.54) is 28.6 Å². The van der Waals surface area contributed by atoms with Crippen molar-refractivity contribution < 1.29 is 23.1 Å². The molecular formula is C24H25N3O5S. The van der Waals surface area contributed by atoms with E-state index in [1.54, 1.807) is 24.3 Å². The minimum Gasteiger partial charge on any atom is -0.482 e. The molecule has 0 aliphatic carbocycles. The summed E-state index contributed by atoms with van der Waals surface area (Å²) < 4.78 is 33.4. The zero-order valence-corrected chi connectivity index (χ0v) is 18.7. The van der Waals surface area contributed by atoms with E-state index in [2.05, 4.69) is 0 Å². The van der Waals surface area contributed by atoms with Gasteiger partial charge >= 0.3 is 5.97 Å². The first-order chi connectivity index (χ1) is 15.8. The summed E-state index contributed by atoms with van der Waals surface area (Å²) in [6.07, 6.45) is 0.455. The summed E-state index contributed by atoms with van der Waals surface area (Å²) in [7, 11) is -3.81. The number of amidine groups is 1. The number of aliphatic carboxylic acids is 1. The van der Waals surface area contributed by atoms with Gasteiger partial charge in [0.05, 0.1) is 4.90 Å². The van der Waals surface area contributed by atoms with Gasteiger partial charge in [0.15, 0.2) is 6.61 Å². The van der Waals surface area contributed by atoms with Crippen LogP contribution in [0.1, 0.15) is 16.7 Å². The van der Waals surface area contributed by atoms with E-state index in [9.17, 15) is 13.2 Å². The fourth-order valence-electron chi connectivity index (χ4n) is 3.18. The molecule has 3 aromatic rings. The third-order valence-corrected chi connectivity index (χ3v) is 6.80. The van der Waals surface area contributed by atoms with Crippen molar-refractivity contribution in [3.8, 4) is 5.75 Å². The monoisotopic (exact) mass is 467 g/mol. The Morgan fingerprint density at radius 3 is 2.15 bits per heavy atom. The van der Waals surface area contributed by atoms with Crippen molar-refractivity contribution in [1.29, 1.82) is 5.41 Å². The highest BCUT2D eigenvalue weighted by Crippen LogP contribution is 2.21. The second-order valence-electron chi connectivity index (χ2n) is 7.34. The van der Waals surface area contributed by atoms with Crippen LogP contribution < -0.4 is 10.5 Å². The molecule has 172 valence electrons. The van der Waals surface area contributed by atoms with E-state index in [-0.39, 0.29) is 23.8 Å². The van der Waals surface area contributed by atoms with Gasteiger partial charge in [-0.05, 0) is 53.9 Å². The van der Waals surface area contributed by atoms with Gasteiger partial charge in [-0.25, -0.2) is 13.2 Å². The first-order valence-corrected chi connectivity index (χ1v) is 11.6. The van der Waals surface area contributed by atoms with Crippen LogP contribution >= 0.6 is 0 Å². The summed E-state index contributed by atoms with van der Waals surface area (Å²) in [5.74, 6) is -0.756. The Morgan fingerprint density at radius 1 is 0.939 bits per heavy atom. The molecule has 0 saturated carbocycles. The van der Waals surface area contributed by atoms with Crippen LogP contribution in [0.5, 0.6) is 5.75 Å². The van der Waals surface area contributed by atoms with Crippen LogP contribution in [0.15, 0.2) is 83.8 Å². The molecule has 0 heterocycles. The molecule has 8 nitrogen and oxygen atoms in total. The van der Waals surface area contributed by atoms with Crippen molar-refractivity contribution in [3.63, 3.8) is 0 Å². The van der Waals surface area contributed by atoms with Gasteiger partial charge in [-0.1, -0.05) is 42.5 Å². The summed E-state index contributed by atoms with van der Waals surface area (Å²) in [6, 6.07) is 22.2. The zero-order chi connectivity index (χ0) is 23.8. The number of hydrogen-bond acceptors (Lipinski definition) is 5. The number of nitrogen functional groups attached to an aromatic ring is 1. The maximum Gasteiger partial charge on any atom is 0.341 e. The van der Waals surface area contributed by atoms with E-state index >= 15 is 0 Å². The Labute approximate surface area is 192 Å². The molecule has 0 aliphatic heterocycles. The summed E-state index contributed by atoms with van der Waals surface area (Å²) in [5, 5.41) is 16.2. The largest absolute Gasteiger partial charge is 0.482 e. The molecule has 0 atom stereocenters. The van der Waals surface area contributed by atoms with Crippen LogP contribution in [0.25, 0.3) is 0 Å². The molecule has 0 fully saturated rings. The van der Waals surface area contributed by atoms with Gasteiger partial charge in [0.25, 0.3) is 0 Å². The average Bonchev–Trinajstić information content (AvgIpc) is 2.81. The van der Waals surface area contributed by atoms with Crippen molar-refractivity contribution in [2.75, 3.05) is 13.2 Å². The number of carboxylic acid groups (broad SMARTS) is 1. The minimum absolute atomic E-state index is 0.126. The second kappa shape index (κ2) is 10.8. The Morgan fingerprint density at radius 2 is 1.58 bits per heavy atom. The van der Waals surface area contributed by atoms with E-state index in [0.717, 1.165) is 11.1 Å². The van der Waals surface area contributed by atoms with Gasteiger partial charge in [-0.15, -0.1) is 0 Å². The quantitative estimate of drug-likeness (QED) is 0.293. The molecule has 0 spiro atoms. The first kappa shape index (κ1) is 24.0. The Bertz CT molecular complexity index is 1200. The highest BCUT2D eigenvalue weighted by Gasteiger charge is 2.24. The van der Waals surface area contributed by atoms with Gasteiger partial charge < -0.3 is 15.6 Å². The van der Waals surface area contributed by atoms with E-state index in [0.29, 0.717) is 17.7 Å². The van der Waals surface area contributed by atoms with Crippen molar-refractivity contribution in [3.05, 3.63) is 95.6 Å². The molecule has 0 amide bonds. The Balaban J connectivity index is 1.79. The van der Waals surface area contributed by atoms with Gasteiger partial charge in [0.2, 0.25) is 10.0 Å². The normalized spacial score (nSPS) is 11.3. The van der Waals surface area contributed by atoms with E-state index < -0.39 is 22.6 Å². The van der Waals surface area contributed by atoms with Crippen LogP contribution in [-0.4, -0.2) is 42.8 Å². The van der Waals surface area contributed by atoms with Crippen LogP contribution in [0.4, 0.5) is 0 Å². The van der Waals surface area contributed by atoms with Gasteiger partial charge in [0, 0.05) is 18.7 Å². The van der Waals surface area contributed by atoms with Crippen LogP contribution in [-0.2, 0) is 27.8 Å². The summed E-state index contributed by atoms with van der Waals surface area (Å²) in [5.41, 5.74) is 7.68. The highest BCUT2D eigenvalue weighted by molar-refractivity contribution is 7.89. The predicted octanol–water partition coefficient (Wildman–Crippen LogP) is 2.87. The summed E-state index contributed by atoms with van der Waals surface area (Å²) in [6.45, 7) is 0.0172. The third-order valence-electron chi connectivity index (χ3n) is 4.94. The summed E-state index contributed by atoms with van der Waals surface area (Å²) in [4.78, 5) is 10.8. The zero-order valence-electron chi connectivity index (χ0n) is 17.8. The van der Waals surface area contributed by atoms with Crippen LogP contribution in [0, 0.1) is 5.41 Å². The molecule has 3 aromatic carbocycles. The Kier molecular flexibility index (Phi) is 7.81. The van der Waals surface area contributed by atoms with Crippen molar-refractivity contribution in [2.45, 2.75) is 17.9 Å². The topological polar surface area (TPSA) is 134 Å². The fourth-order valence-corrected chi connectivity index (χ4v) is 4.61. The molecule has 33 heavy (non-hydrogen) atoms. The standard InChI is InChI=1S/C24H25N3O5S/c25-24(26)20-8-12-22(13-9-20)33(30,31)27(16-19-4-2-1-3-5-19)15-14-18-6-10-21(11-7-18)32-17-23(28)29/h1-13H,14-17H2,(H3,25,26)(H,28,29). The first-order valence-electron chi connectivity index (χ1n) is 10.2. The molecule has 0 aliphatic rings. The van der Waals surface area contributed by atoms with Gasteiger partial charge in [-0.2, -0.15) is 4.31 Å². The lowest BCUT2D eigenvalue weighted by molar-refractivity contribution is -0.139. The maximum atomic E-state index is 13.4. The van der Waals surface area contributed by atoms with Crippen molar-refractivity contribution in [1.82, 2.24) is 4.31 Å². The van der Waals surface area contributed by atoms with Crippen LogP contribution in [0.3, 0.4) is 0 Å². The number of carboxylic acids is 1. The van der Waals surface area contributed by atoms with Crippen molar-refractivity contribution in [2.24, 2.45) is 5.73 Å². The van der Waals surface area contributed by atoms with Gasteiger partial charge in [-0.3, -0.25) is 5.41 Å². The van der Waals surface area contributed by atoms with E-state index in [1.807, 2.05) is 30.3 Å². The highest BCUT2D eigenvalue weighted by atomic mass is 32.2. The number of sulfonamides is 1. The molecular weight excluding hydrogens is 442 g/mol. The third kappa shape index (κ3) is 6.64. The van der Waals surface area contributed by atoms with Crippen LogP contribution in [0.2, 0.25) is 0 Å². The molecule has 4 N–H and O–H groups in total. The molecule has 0 unspecified atom stereocenters. The molecule has 9 heteroatoms. The lowest BCUT2D eigenvalue weighted by Crippen LogP contribution is -2.32. The Hall–Kier alpha value is -3.69.